The maximum absolute atomic E-state index is 11.4. The first-order chi connectivity index (χ1) is 9.72. The Labute approximate surface area is 125 Å². The number of amides is 3. The van der Waals surface area contributed by atoms with Gasteiger partial charge in [0.05, 0.1) is 11.4 Å². The summed E-state index contributed by atoms with van der Waals surface area (Å²) in [5.74, 6) is -1.44. The number of primary amides is 1. The summed E-state index contributed by atoms with van der Waals surface area (Å²) in [6.07, 6.45) is 0. The van der Waals surface area contributed by atoms with Crippen LogP contribution in [0, 0.1) is 6.92 Å². The Hall–Kier alpha value is -2.16. The van der Waals surface area contributed by atoms with Crippen molar-refractivity contribution in [2.45, 2.75) is 31.7 Å². The summed E-state index contributed by atoms with van der Waals surface area (Å²) in [6.45, 7) is 5.33. The van der Waals surface area contributed by atoms with E-state index in [0.717, 1.165) is 11.8 Å². The summed E-state index contributed by atoms with van der Waals surface area (Å²) in [5.41, 5.74) is 5.12. The third-order valence-corrected chi connectivity index (χ3v) is 3.38. The van der Waals surface area contributed by atoms with E-state index in [0.29, 0.717) is 11.5 Å². The lowest BCUT2D eigenvalue weighted by molar-refractivity contribution is -0.117. The first-order valence-electron chi connectivity index (χ1n) is 6.06. The predicted octanol–water partition coefficient (Wildman–Crippen LogP) is 0.894. The highest BCUT2D eigenvalue weighted by Crippen LogP contribution is 2.24. The Morgan fingerprint density at radius 3 is 2.43 bits per heavy atom. The maximum Gasteiger partial charge on any atom is 0.340 e. The van der Waals surface area contributed by atoms with Crippen LogP contribution in [0.3, 0.4) is 0 Å². The van der Waals surface area contributed by atoms with Crippen LogP contribution < -0.4 is 11.1 Å². The fourth-order valence-corrected chi connectivity index (χ4v) is 2.36. The van der Waals surface area contributed by atoms with Crippen molar-refractivity contribution in [3.8, 4) is 0 Å². The number of aromatic carboxylic acids is 1. The molecule has 1 aromatic heterocycles. The fourth-order valence-electron chi connectivity index (χ4n) is 1.48. The molecular formula is C12H16N4O4S. The Morgan fingerprint density at radius 1 is 1.33 bits per heavy atom. The van der Waals surface area contributed by atoms with Gasteiger partial charge in [-0.05, 0) is 6.92 Å². The van der Waals surface area contributed by atoms with E-state index in [9.17, 15) is 19.5 Å². The number of carboxylic acids is 1. The van der Waals surface area contributed by atoms with E-state index in [4.69, 9.17) is 5.73 Å². The van der Waals surface area contributed by atoms with Crippen LogP contribution in [0.15, 0.2) is 5.03 Å². The van der Waals surface area contributed by atoms with Crippen molar-refractivity contribution in [3.63, 3.8) is 0 Å². The summed E-state index contributed by atoms with van der Waals surface area (Å²) in [4.78, 5) is 41.6. The van der Waals surface area contributed by atoms with Crippen molar-refractivity contribution >= 4 is 29.7 Å². The van der Waals surface area contributed by atoms with Gasteiger partial charge in [-0.2, -0.15) is 0 Å². The molecule has 9 heteroatoms. The number of nitrogens with zero attached hydrogens (tertiary/aromatic N) is 2. The summed E-state index contributed by atoms with van der Waals surface area (Å²) in [6, 6.07) is -0.958. The number of aryl methyl sites for hydroxylation is 1. The van der Waals surface area contributed by atoms with Crippen molar-refractivity contribution < 1.29 is 19.5 Å². The zero-order chi connectivity index (χ0) is 16.2. The van der Waals surface area contributed by atoms with E-state index >= 15 is 0 Å². The van der Waals surface area contributed by atoms with Crippen molar-refractivity contribution in [2.24, 2.45) is 5.73 Å². The first-order valence-corrected chi connectivity index (χ1v) is 7.04. The van der Waals surface area contributed by atoms with Gasteiger partial charge in [-0.3, -0.25) is 10.1 Å². The molecule has 0 aliphatic carbocycles. The molecule has 21 heavy (non-hydrogen) atoms. The number of nitrogens with one attached hydrogen (secondary N) is 1. The zero-order valence-corrected chi connectivity index (χ0v) is 12.7. The normalized spacial score (nSPS) is 10.5. The second-order valence-corrected chi connectivity index (χ2v) is 5.47. The molecule has 1 aromatic rings. The van der Waals surface area contributed by atoms with Crippen LogP contribution in [0.5, 0.6) is 0 Å². The third-order valence-electron chi connectivity index (χ3n) is 2.41. The summed E-state index contributed by atoms with van der Waals surface area (Å²) >= 11 is 0.919. The highest BCUT2D eigenvalue weighted by atomic mass is 32.2. The largest absolute Gasteiger partial charge is 0.478 e. The molecule has 1 heterocycles. The average Bonchev–Trinajstić information content (AvgIpc) is 2.34. The molecule has 0 atom stereocenters. The van der Waals surface area contributed by atoms with Crippen molar-refractivity contribution in [1.82, 2.24) is 15.3 Å². The van der Waals surface area contributed by atoms with Crippen LogP contribution in [-0.4, -0.2) is 38.7 Å². The summed E-state index contributed by atoms with van der Waals surface area (Å²) < 4.78 is 0. The van der Waals surface area contributed by atoms with Gasteiger partial charge < -0.3 is 10.8 Å². The monoisotopic (exact) mass is 312 g/mol. The van der Waals surface area contributed by atoms with Gasteiger partial charge in [0.15, 0.2) is 0 Å². The van der Waals surface area contributed by atoms with Crippen LogP contribution in [0.25, 0.3) is 0 Å². The maximum atomic E-state index is 11.4. The number of urea groups is 1. The second-order valence-electron chi connectivity index (χ2n) is 4.51. The molecule has 0 aromatic carbocycles. The quantitative estimate of drug-likeness (QED) is 0.542. The number of rotatable bonds is 5. The SMILES string of the molecule is Cc1nc(C(C)C)nc(SCC(=O)NC(N)=O)c1C(=O)O. The van der Waals surface area contributed by atoms with Crippen molar-refractivity contribution in [2.75, 3.05) is 5.75 Å². The fraction of sp³-hybridized carbons (Fsp3) is 0.417. The molecule has 0 saturated carbocycles. The number of hydrogen-bond donors (Lipinski definition) is 3. The number of imide groups is 1. The molecule has 8 nitrogen and oxygen atoms in total. The number of thioether (sulfide) groups is 1. The molecule has 0 fully saturated rings. The first kappa shape index (κ1) is 16.9. The molecule has 0 saturated heterocycles. The molecule has 114 valence electrons. The Morgan fingerprint density at radius 2 is 1.95 bits per heavy atom. The minimum absolute atomic E-state index is 0.0188. The molecule has 3 amide bonds. The number of carbonyl (C=O) groups excluding carboxylic acids is 2. The van der Waals surface area contributed by atoms with Gasteiger partial charge in [-0.25, -0.2) is 19.6 Å². The van der Waals surface area contributed by atoms with E-state index in [1.165, 1.54) is 0 Å². The molecule has 0 bridgehead atoms. The van der Waals surface area contributed by atoms with E-state index in [2.05, 4.69) is 9.97 Å². The minimum atomic E-state index is -1.17. The smallest absolute Gasteiger partial charge is 0.340 e. The van der Waals surface area contributed by atoms with Gasteiger partial charge in [0.1, 0.15) is 16.4 Å². The highest BCUT2D eigenvalue weighted by molar-refractivity contribution is 8.00. The number of nitrogens with two attached hydrogens (primary N) is 1. The Balaban J connectivity index is 3.05. The van der Waals surface area contributed by atoms with Gasteiger partial charge in [-0.1, -0.05) is 25.6 Å². The zero-order valence-electron chi connectivity index (χ0n) is 11.8. The molecule has 4 N–H and O–H groups in total. The van der Waals surface area contributed by atoms with Gasteiger partial charge in [0.25, 0.3) is 0 Å². The van der Waals surface area contributed by atoms with E-state index in [1.807, 2.05) is 19.2 Å². The topological polar surface area (TPSA) is 135 Å². The number of hydrogen-bond acceptors (Lipinski definition) is 6. The van der Waals surface area contributed by atoms with Gasteiger partial charge >= 0.3 is 12.0 Å². The lowest BCUT2D eigenvalue weighted by Crippen LogP contribution is -2.36. The molecule has 0 unspecified atom stereocenters. The Bertz CT molecular complexity index is 589. The molecule has 0 radical (unpaired) electrons. The van der Waals surface area contributed by atoms with Crippen molar-refractivity contribution in [3.05, 3.63) is 17.1 Å². The number of aromatic nitrogens is 2. The van der Waals surface area contributed by atoms with Crippen LogP contribution in [-0.2, 0) is 4.79 Å². The van der Waals surface area contributed by atoms with E-state index in [1.54, 1.807) is 6.92 Å². The lowest BCUT2D eigenvalue weighted by atomic mass is 10.2. The number of carboxylic acid groups (broad SMARTS) is 1. The standard InChI is InChI=1S/C12H16N4O4S/c1-5(2)9-14-6(3)8(11(18)19)10(16-9)21-4-7(17)15-12(13)20/h5H,4H2,1-3H3,(H,18,19)(H3,13,15,17,20). The van der Waals surface area contributed by atoms with Crippen molar-refractivity contribution in [1.29, 1.82) is 0 Å². The van der Waals surface area contributed by atoms with Crippen LogP contribution >= 0.6 is 11.8 Å². The van der Waals surface area contributed by atoms with E-state index < -0.39 is 17.9 Å². The molecule has 0 aliphatic rings. The van der Waals surface area contributed by atoms with Gasteiger partial charge in [0, 0.05) is 5.92 Å². The molecular weight excluding hydrogens is 296 g/mol. The van der Waals surface area contributed by atoms with Crippen LogP contribution in [0.2, 0.25) is 0 Å². The Kier molecular flexibility index (Phi) is 5.65. The summed E-state index contributed by atoms with van der Waals surface area (Å²) in [7, 11) is 0. The summed E-state index contributed by atoms with van der Waals surface area (Å²) in [5, 5.41) is 11.3. The van der Waals surface area contributed by atoms with Gasteiger partial charge in [0.2, 0.25) is 5.91 Å². The van der Waals surface area contributed by atoms with Gasteiger partial charge in [-0.15, -0.1) is 0 Å². The molecule has 1 rings (SSSR count). The van der Waals surface area contributed by atoms with Crippen LogP contribution in [0.4, 0.5) is 4.79 Å². The average molecular weight is 312 g/mol. The molecule has 0 spiro atoms. The third kappa shape index (κ3) is 4.71. The lowest BCUT2D eigenvalue weighted by Gasteiger charge is -2.11. The van der Waals surface area contributed by atoms with E-state index in [-0.39, 0.29) is 22.3 Å². The number of carbonyl (C=O) groups is 3. The second kappa shape index (κ2) is 7.02. The predicted molar refractivity (Wildman–Crippen MR) is 76.3 cm³/mol. The minimum Gasteiger partial charge on any atom is -0.478 e. The molecule has 0 aliphatic heterocycles. The highest BCUT2D eigenvalue weighted by Gasteiger charge is 2.20. The van der Waals surface area contributed by atoms with Crippen LogP contribution in [0.1, 0.15) is 41.6 Å².